The first kappa shape index (κ1) is 17.9. The lowest BCUT2D eigenvalue weighted by Crippen LogP contribution is -2.65. The Morgan fingerprint density at radius 1 is 1.12 bits per heavy atom. The summed E-state index contributed by atoms with van der Waals surface area (Å²) in [6.07, 6.45) is 2.98. The maximum absolute atomic E-state index is 13.4. The zero-order chi connectivity index (χ0) is 17.9. The van der Waals surface area contributed by atoms with Crippen molar-refractivity contribution in [1.29, 1.82) is 0 Å². The summed E-state index contributed by atoms with van der Waals surface area (Å²) in [4.78, 5) is 26.6. The number of piperazine rings is 1. The standard InChI is InChI=1S/C19H26N2O4/c22-16(13-18(25)9-5-2-6-10-18)19(15-7-3-1-4-8-15)14-20-11-12-21(19)17(23)24/h1,3-4,7-8,20,25H,2,5-6,9-14H2,(H,23,24). The first-order chi connectivity index (χ1) is 12.0. The highest BCUT2D eigenvalue weighted by molar-refractivity contribution is 5.93. The van der Waals surface area contributed by atoms with Crippen molar-refractivity contribution in [3.05, 3.63) is 35.9 Å². The first-order valence-corrected chi connectivity index (χ1v) is 9.00. The largest absolute Gasteiger partial charge is 0.465 e. The Morgan fingerprint density at radius 2 is 1.80 bits per heavy atom. The molecule has 25 heavy (non-hydrogen) atoms. The van der Waals surface area contributed by atoms with E-state index in [1.807, 2.05) is 18.2 Å². The summed E-state index contributed by atoms with van der Waals surface area (Å²) in [5.74, 6) is -0.224. The smallest absolute Gasteiger partial charge is 0.408 e. The molecular formula is C19H26N2O4. The number of carbonyl (C=O) groups excluding carboxylic acids is 1. The van der Waals surface area contributed by atoms with Crippen LogP contribution >= 0.6 is 0 Å². The highest BCUT2D eigenvalue weighted by atomic mass is 16.4. The molecule has 3 N–H and O–H groups in total. The van der Waals surface area contributed by atoms with Crippen LogP contribution in [0.15, 0.2) is 30.3 Å². The summed E-state index contributed by atoms with van der Waals surface area (Å²) in [5.41, 5.74) is -1.63. The second kappa shape index (κ2) is 7.14. The normalized spacial score (nSPS) is 26.2. The van der Waals surface area contributed by atoms with Gasteiger partial charge >= 0.3 is 6.09 Å². The molecule has 0 bridgehead atoms. The van der Waals surface area contributed by atoms with Gasteiger partial charge in [-0.15, -0.1) is 0 Å². The van der Waals surface area contributed by atoms with Crippen molar-refractivity contribution < 1.29 is 19.8 Å². The molecule has 0 spiro atoms. The quantitative estimate of drug-likeness (QED) is 0.777. The minimum absolute atomic E-state index is 0.00659. The Morgan fingerprint density at radius 3 is 2.44 bits per heavy atom. The number of hydrogen-bond acceptors (Lipinski definition) is 4. The zero-order valence-electron chi connectivity index (χ0n) is 14.4. The van der Waals surface area contributed by atoms with Crippen LogP contribution in [0.3, 0.4) is 0 Å². The highest BCUT2D eigenvalue weighted by Gasteiger charge is 2.51. The summed E-state index contributed by atoms with van der Waals surface area (Å²) in [7, 11) is 0. The number of rotatable bonds is 4. The Labute approximate surface area is 147 Å². The van der Waals surface area contributed by atoms with Crippen LogP contribution in [0.1, 0.15) is 44.1 Å². The molecule has 1 aromatic rings. The van der Waals surface area contributed by atoms with E-state index in [4.69, 9.17) is 0 Å². The van der Waals surface area contributed by atoms with E-state index in [-0.39, 0.29) is 25.3 Å². The Bertz CT molecular complexity index is 628. The maximum Gasteiger partial charge on any atom is 0.408 e. The lowest BCUT2D eigenvalue weighted by Gasteiger charge is -2.46. The number of ketones is 1. The predicted molar refractivity (Wildman–Crippen MR) is 93.4 cm³/mol. The van der Waals surface area contributed by atoms with Crippen molar-refractivity contribution in [3.8, 4) is 0 Å². The molecule has 2 aliphatic rings. The Hall–Kier alpha value is -1.92. The molecule has 1 aliphatic carbocycles. The SMILES string of the molecule is O=C(O)N1CCNCC1(C(=O)CC1(O)CCCCC1)c1ccccc1. The number of aliphatic hydroxyl groups is 1. The van der Waals surface area contributed by atoms with Gasteiger partial charge in [-0.25, -0.2) is 4.79 Å². The van der Waals surface area contributed by atoms with E-state index >= 15 is 0 Å². The van der Waals surface area contributed by atoms with Crippen LogP contribution in [0, 0.1) is 0 Å². The lowest BCUT2D eigenvalue weighted by molar-refractivity contribution is -0.138. The Kier molecular flexibility index (Phi) is 5.11. The average Bonchev–Trinajstić information content (AvgIpc) is 2.62. The third-order valence-electron chi connectivity index (χ3n) is 5.57. The highest BCUT2D eigenvalue weighted by Crippen LogP contribution is 2.38. The fourth-order valence-corrected chi connectivity index (χ4v) is 4.22. The number of Topliss-reactive ketones (excluding diaryl/α,β-unsaturated/α-hetero) is 1. The molecule has 136 valence electrons. The Balaban J connectivity index is 1.98. The first-order valence-electron chi connectivity index (χ1n) is 9.00. The van der Waals surface area contributed by atoms with Crippen LogP contribution in [-0.2, 0) is 10.3 Å². The maximum atomic E-state index is 13.4. The molecular weight excluding hydrogens is 320 g/mol. The van der Waals surface area contributed by atoms with Crippen LogP contribution in [0.5, 0.6) is 0 Å². The van der Waals surface area contributed by atoms with Gasteiger partial charge in [-0.2, -0.15) is 0 Å². The third-order valence-corrected chi connectivity index (χ3v) is 5.57. The molecule has 2 fully saturated rings. The van der Waals surface area contributed by atoms with Gasteiger partial charge in [0.15, 0.2) is 5.78 Å². The number of carbonyl (C=O) groups is 2. The van der Waals surface area contributed by atoms with E-state index < -0.39 is 17.2 Å². The van der Waals surface area contributed by atoms with Crippen LogP contribution in [0.4, 0.5) is 4.79 Å². The fourth-order valence-electron chi connectivity index (χ4n) is 4.22. The molecule has 1 aromatic carbocycles. The number of benzene rings is 1. The van der Waals surface area contributed by atoms with Crippen LogP contribution in [-0.4, -0.2) is 52.2 Å². The van der Waals surface area contributed by atoms with Crippen molar-refractivity contribution in [1.82, 2.24) is 10.2 Å². The molecule has 1 aliphatic heterocycles. The molecule has 1 saturated heterocycles. The van der Waals surface area contributed by atoms with E-state index in [1.165, 1.54) is 4.90 Å². The van der Waals surface area contributed by atoms with Gasteiger partial charge < -0.3 is 15.5 Å². The summed E-state index contributed by atoms with van der Waals surface area (Å²) in [6, 6.07) is 9.07. The van der Waals surface area contributed by atoms with Gasteiger partial charge in [-0.1, -0.05) is 49.6 Å². The summed E-state index contributed by atoms with van der Waals surface area (Å²) < 4.78 is 0. The molecule has 0 aromatic heterocycles. The minimum Gasteiger partial charge on any atom is -0.465 e. The molecule has 6 nitrogen and oxygen atoms in total. The summed E-state index contributed by atoms with van der Waals surface area (Å²) in [6.45, 7) is 0.991. The molecule has 1 heterocycles. The monoisotopic (exact) mass is 346 g/mol. The number of nitrogens with zero attached hydrogens (tertiary/aromatic N) is 1. The van der Waals surface area contributed by atoms with Crippen molar-refractivity contribution in [3.63, 3.8) is 0 Å². The van der Waals surface area contributed by atoms with Gasteiger partial charge in [0, 0.05) is 26.1 Å². The van der Waals surface area contributed by atoms with Crippen LogP contribution < -0.4 is 5.32 Å². The summed E-state index contributed by atoms with van der Waals surface area (Å²) >= 11 is 0. The van der Waals surface area contributed by atoms with Gasteiger partial charge in [0.05, 0.1) is 5.60 Å². The molecule has 1 saturated carbocycles. The third kappa shape index (κ3) is 3.41. The number of hydrogen-bond donors (Lipinski definition) is 3. The second-order valence-electron chi connectivity index (χ2n) is 7.22. The van der Waals surface area contributed by atoms with Gasteiger partial charge in [0.25, 0.3) is 0 Å². The zero-order valence-corrected chi connectivity index (χ0v) is 14.4. The van der Waals surface area contributed by atoms with Crippen LogP contribution in [0.2, 0.25) is 0 Å². The van der Waals surface area contributed by atoms with Gasteiger partial charge in [0.2, 0.25) is 0 Å². The number of amides is 1. The lowest BCUT2D eigenvalue weighted by atomic mass is 9.74. The van der Waals surface area contributed by atoms with E-state index in [0.717, 1.165) is 19.3 Å². The van der Waals surface area contributed by atoms with E-state index in [9.17, 15) is 19.8 Å². The predicted octanol–water partition coefficient (Wildman–Crippen LogP) is 2.12. The molecule has 3 rings (SSSR count). The molecule has 0 radical (unpaired) electrons. The number of carboxylic acid groups (broad SMARTS) is 1. The topological polar surface area (TPSA) is 89.9 Å². The minimum atomic E-state index is -1.28. The average molecular weight is 346 g/mol. The van der Waals surface area contributed by atoms with Gasteiger partial charge in [-0.3, -0.25) is 9.69 Å². The second-order valence-corrected chi connectivity index (χ2v) is 7.22. The van der Waals surface area contributed by atoms with Crippen molar-refractivity contribution >= 4 is 11.9 Å². The van der Waals surface area contributed by atoms with Gasteiger partial charge in [-0.05, 0) is 18.4 Å². The molecule has 1 unspecified atom stereocenters. The molecule has 1 atom stereocenters. The van der Waals surface area contributed by atoms with E-state index in [1.54, 1.807) is 12.1 Å². The summed E-state index contributed by atoms with van der Waals surface area (Å²) in [5, 5.41) is 23.8. The van der Waals surface area contributed by atoms with Crippen LogP contribution in [0.25, 0.3) is 0 Å². The number of nitrogens with one attached hydrogen (secondary N) is 1. The van der Waals surface area contributed by atoms with Crippen molar-refractivity contribution in [2.24, 2.45) is 0 Å². The van der Waals surface area contributed by atoms with Gasteiger partial charge in [0.1, 0.15) is 5.54 Å². The van der Waals surface area contributed by atoms with Crippen molar-refractivity contribution in [2.45, 2.75) is 49.7 Å². The van der Waals surface area contributed by atoms with Crippen molar-refractivity contribution in [2.75, 3.05) is 19.6 Å². The van der Waals surface area contributed by atoms with E-state index in [2.05, 4.69) is 5.32 Å². The fraction of sp³-hybridized carbons (Fsp3) is 0.579. The molecule has 6 heteroatoms. The molecule has 1 amide bonds. The van der Waals surface area contributed by atoms with E-state index in [0.29, 0.717) is 24.9 Å².